The molecule has 0 radical (unpaired) electrons. The van der Waals surface area contributed by atoms with Crippen LogP contribution in [-0.4, -0.2) is 17.7 Å². The van der Waals surface area contributed by atoms with E-state index in [2.05, 4.69) is 0 Å². The van der Waals surface area contributed by atoms with E-state index in [1.807, 2.05) is 0 Å². The van der Waals surface area contributed by atoms with E-state index < -0.39 is 22.7 Å². The van der Waals surface area contributed by atoms with E-state index in [0.717, 1.165) is 0 Å². The highest BCUT2D eigenvalue weighted by molar-refractivity contribution is 8.03. The Morgan fingerprint density at radius 2 is 1.78 bits per heavy atom. The lowest BCUT2D eigenvalue weighted by atomic mass is 10.1. The molecule has 1 aromatic carbocycles. The lowest BCUT2D eigenvalue weighted by Gasteiger charge is -2.11. The first-order valence-corrected chi connectivity index (χ1v) is 6.06. The molecule has 1 rings (SSSR count). The van der Waals surface area contributed by atoms with Gasteiger partial charge in [-0.05, 0) is 5.75 Å². The second-order valence-electron chi connectivity index (χ2n) is 3.27. The third-order valence-electron chi connectivity index (χ3n) is 1.98. The predicted molar refractivity (Wildman–Crippen MR) is 63.1 cm³/mol. The summed E-state index contributed by atoms with van der Waals surface area (Å²) >= 11 is 0.273. The molecule has 0 aromatic heterocycles. The number of ketones is 1. The number of thioether (sulfide) groups is 1. The van der Waals surface area contributed by atoms with E-state index in [1.165, 1.54) is 31.2 Å². The summed E-state index contributed by atoms with van der Waals surface area (Å²) in [7, 11) is 0. The highest BCUT2D eigenvalue weighted by atomic mass is 32.2. The zero-order chi connectivity index (χ0) is 13.8. The van der Waals surface area contributed by atoms with Crippen molar-refractivity contribution in [3.05, 3.63) is 46.6 Å². The van der Waals surface area contributed by atoms with Gasteiger partial charge in [0.15, 0.2) is 5.83 Å². The number of allylic oxidation sites excluding steroid dienone is 2. The van der Waals surface area contributed by atoms with Crippen LogP contribution in [0, 0.1) is 0 Å². The van der Waals surface area contributed by atoms with E-state index in [9.17, 15) is 22.4 Å². The average Bonchev–Trinajstić information content (AvgIpc) is 2.34. The van der Waals surface area contributed by atoms with Gasteiger partial charge in [0.25, 0.3) is 0 Å². The molecule has 0 spiro atoms. The second-order valence-corrected chi connectivity index (χ2v) is 4.54. The molecule has 0 saturated carbocycles. The summed E-state index contributed by atoms with van der Waals surface area (Å²) < 4.78 is 51.3. The Hall–Kier alpha value is -1.30. The van der Waals surface area contributed by atoms with Crippen LogP contribution < -0.4 is 0 Å². The molecule has 0 N–H and O–H groups in total. The molecule has 0 aliphatic carbocycles. The molecule has 6 heteroatoms. The van der Waals surface area contributed by atoms with Crippen LogP contribution in [0.5, 0.6) is 0 Å². The van der Waals surface area contributed by atoms with Gasteiger partial charge in [0.2, 0.25) is 5.78 Å². The smallest absolute Gasteiger partial charge is 0.286 e. The lowest BCUT2D eigenvalue weighted by Crippen LogP contribution is -2.15. The van der Waals surface area contributed by atoms with E-state index in [4.69, 9.17) is 0 Å². The summed E-state index contributed by atoms with van der Waals surface area (Å²) in [6.45, 7) is 1.46. The molecule has 0 saturated heterocycles. The van der Waals surface area contributed by atoms with Crippen LogP contribution in [0.3, 0.4) is 0 Å². The zero-order valence-corrected chi connectivity index (χ0v) is 10.2. The quantitative estimate of drug-likeness (QED) is 0.462. The molecule has 18 heavy (non-hydrogen) atoms. The van der Waals surface area contributed by atoms with Gasteiger partial charge in [-0.1, -0.05) is 37.3 Å². The molecular formula is C12H10F4OS. The van der Waals surface area contributed by atoms with Crippen molar-refractivity contribution in [2.75, 3.05) is 5.75 Å². The molecule has 0 heterocycles. The average molecular weight is 278 g/mol. The molecule has 0 aliphatic rings. The maximum atomic E-state index is 13.6. The van der Waals surface area contributed by atoms with Gasteiger partial charge in [0.1, 0.15) is 4.91 Å². The number of alkyl halides is 3. The third-order valence-corrected chi connectivity index (χ3v) is 2.97. The fourth-order valence-electron chi connectivity index (χ4n) is 1.23. The Kier molecular flexibility index (Phi) is 4.95. The Balaban J connectivity index is 3.16. The number of halogens is 4. The van der Waals surface area contributed by atoms with E-state index in [1.54, 1.807) is 6.07 Å². The number of hydrogen-bond acceptors (Lipinski definition) is 2. The molecule has 0 aliphatic heterocycles. The van der Waals surface area contributed by atoms with Crippen molar-refractivity contribution >= 4 is 17.5 Å². The van der Waals surface area contributed by atoms with Gasteiger partial charge in [-0.15, -0.1) is 11.8 Å². The SMILES string of the molecule is CCS/C(=C(/F)C(=O)c1ccccc1)C(F)(F)F. The van der Waals surface area contributed by atoms with Crippen LogP contribution in [-0.2, 0) is 0 Å². The summed E-state index contributed by atoms with van der Waals surface area (Å²) in [5.74, 6) is -2.96. The molecule has 0 atom stereocenters. The molecule has 0 unspecified atom stereocenters. The molecule has 0 bridgehead atoms. The highest BCUT2D eigenvalue weighted by Crippen LogP contribution is 2.38. The minimum Gasteiger partial charge on any atom is -0.286 e. The van der Waals surface area contributed by atoms with Crippen LogP contribution in [0.15, 0.2) is 41.1 Å². The largest absolute Gasteiger partial charge is 0.425 e. The van der Waals surface area contributed by atoms with Crippen LogP contribution in [0.25, 0.3) is 0 Å². The number of Topliss-reactive ketones (excluding diaryl/α,β-unsaturated/α-hetero) is 1. The van der Waals surface area contributed by atoms with Crippen molar-refractivity contribution in [3.8, 4) is 0 Å². The van der Waals surface area contributed by atoms with Crippen LogP contribution in [0.4, 0.5) is 17.6 Å². The van der Waals surface area contributed by atoms with Gasteiger partial charge in [-0.2, -0.15) is 13.2 Å². The third kappa shape index (κ3) is 3.60. The number of benzene rings is 1. The van der Waals surface area contributed by atoms with E-state index in [0.29, 0.717) is 0 Å². The molecule has 0 amide bonds. The standard InChI is InChI=1S/C12H10F4OS/c1-2-18-11(12(14,15)16)9(13)10(17)8-6-4-3-5-7-8/h3-7H,2H2,1H3/b11-9+. The van der Waals surface area contributed by atoms with Gasteiger partial charge in [0, 0.05) is 5.56 Å². The zero-order valence-electron chi connectivity index (χ0n) is 9.42. The van der Waals surface area contributed by atoms with Gasteiger partial charge in [-0.3, -0.25) is 4.79 Å². The minimum absolute atomic E-state index is 0.0321. The predicted octanol–water partition coefficient (Wildman–Crippen LogP) is 4.37. The molecule has 1 nitrogen and oxygen atoms in total. The van der Waals surface area contributed by atoms with Crippen molar-refractivity contribution < 1.29 is 22.4 Å². The maximum Gasteiger partial charge on any atom is 0.425 e. The van der Waals surface area contributed by atoms with Gasteiger partial charge >= 0.3 is 6.18 Å². The second kappa shape index (κ2) is 6.04. The van der Waals surface area contributed by atoms with E-state index >= 15 is 0 Å². The summed E-state index contributed by atoms with van der Waals surface area (Å²) in [4.78, 5) is 10.1. The Bertz CT molecular complexity index is 451. The lowest BCUT2D eigenvalue weighted by molar-refractivity contribution is -0.0851. The van der Waals surface area contributed by atoms with Crippen LogP contribution in [0.1, 0.15) is 17.3 Å². The van der Waals surface area contributed by atoms with Crippen molar-refractivity contribution in [1.29, 1.82) is 0 Å². The number of rotatable bonds is 4. The fourth-order valence-corrected chi connectivity index (χ4v) is 1.91. The van der Waals surface area contributed by atoms with Crippen molar-refractivity contribution in [2.24, 2.45) is 0 Å². The van der Waals surface area contributed by atoms with Crippen molar-refractivity contribution in [3.63, 3.8) is 0 Å². The topological polar surface area (TPSA) is 17.1 Å². The first kappa shape index (κ1) is 14.8. The summed E-state index contributed by atoms with van der Waals surface area (Å²) in [5.41, 5.74) is -0.103. The van der Waals surface area contributed by atoms with E-state index in [-0.39, 0.29) is 23.1 Å². The Morgan fingerprint density at radius 1 is 1.22 bits per heavy atom. The van der Waals surface area contributed by atoms with Crippen molar-refractivity contribution in [1.82, 2.24) is 0 Å². The summed E-state index contributed by atoms with van der Waals surface area (Å²) in [6, 6.07) is 7.05. The molecule has 1 aromatic rings. The van der Waals surface area contributed by atoms with Gasteiger partial charge in [-0.25, -0.2) is 4.39 Å². The van der Waals surface area contributed by atoms with Gasteiger partial charge in [0.05, 0.1) is 0 Å². The normalized spacial score (nSPS) is 13.2. The van der Waals surface area contributed by atoms with Crippen LogP contribution in [0.2, 0.25) is 0 Å². The summed E-state index contributed by atoms with van der Waals surface area (Å²) in [6.07, 6.45) is -4.85. The number of hydrogen-bond donors (Lipinski definition) is 0. The monoisotopic (exact) mass is 278 g/mol. The minimum atomic E-state index is -4.85. The van der Waals surface area contributed by atoms with Gasteiger partial charge < -0.3 is 0 Å². The maximum absolute atomic E-state index is 13.6. The molecule has 98 valence electrons. The number of carbonyl (C=O) groups excluding carboxylic acids is 1. The first-order valence-electron chi connectivity index (χ1n) is 5.07. The summed E-state index contributed by atoms with van der Waals surface area (Å²) in [5, 5.41) is 0. The number of carbonyl (C=O) groups is 1. The fraction of sp³-hybridized carbons (Fsp3) is 0.250. The Morgan fingerprint density at radius 3 is 2.22 bits per heavy atom. The Labute approximate surface area is 106 Å². The molecular weight excluding hydrogens is 268 g/mol. The highest BCUT2D eigenvalue weighted by Gasteiger charge is 2.39. The molecule has 0 fully saturated rings. The van der Waals surface area contributed by atoms with Crippen molar-refractivity contribution in [2.45, 2.75) is 13.1 Å². The first-order chi connectivity index (χ1) is 8.38. The van der Waals surface area contributed by atoms with Crippen LogP contribution >= 0.6 is 11.8 Å².